The van der Waals surface area contributed by atoms with Crippen molar-refractivity contribution in [3.63, 3.8) is 0 Å². The molecule has 0 aliphatic heterocycles. The van der Waals surface area contributed by atoms with Crippen LogP contribution in [-0.4, -0.2) is 50.6 Å². The average molecular weight is 207 g/mol. The number of carbonyl (C=O) groups is 2. The molecule has 0 aromatic heterocycles. The molecule has 0 amide bonds. The maximum atomic E-state index is 10.2. The quantitative estimate of drug-likeness (QED) is 0.338. The van der Waals surface area contributed by atoms with Gasteiger partial charge in [0.2, 0.25) is 0 Å². The van der Waals surface area contributed by atoms with Gasteiger partial charge in [0.05, 0.1) is 0 Å². The first-order valence-electron chi connectivity index (χ1n) is 3.92. The summed E-state index contributed by atoms with van der Waals surface area (Å²) in [7, 11) is 0. The standard InChI is InChI=1S/C7H13NO6/c8-3(1-2-4(9)10)5(11)6(12)7(13)14/h3,5-6,11-12H,1-2,8H2,(H,9,10)(H,13,14)/t3-,5+,6+/m0/s1. The lowest BCUT2D eigenvalue weighted by Gasteiger charge is -2.20. The van der Waals surface area contributed by atoms with Crippen LogP contribution in [0.5, 0.6) is 0 Å². The van der Waals surface area contributed by atoms with Gasteiger partial charge >= 0.3 is 11.9 Å². The summed E-state index contributed by atoms with van der Waals surface area (Å²) in [6.45, 7) is 0. The Morgan fingerprint density at radius 3 is 2.07 bits per heavy atom. The van der Waals surface area contributed by atoms with Gasteiger partial charge in [-0.25, -0.2) is 4.79 Å². The van der Waals surface area contributed by atoms with Crippen molar-refractivity contribution < 1.29 is 30.0 Å². The van der Waals surface area contributed by atoms with Crippen molar-refractivity contribution in [2.45, 2.75) is 31.1 Å². The lowest BCUT2D eigenvalue weighted by Crippen LogP contribution is -2.46. The minimum Gasteiger partial charge on any atom is -0.481 e. The monoisotopic (exact) mass is 207 g/mol. The highest BCUT2D eigenvalue weighted by Gasteiger charge is 2.28. The molecule has 0 aromatic rings. The number of rotatable bonds is 6. The summed E-state index contributed by atoms with van der Waals surface area (Å²) in [5, 5.41) is 34.5. The number of aliphatic hydroxyl groups is 2. The Hall–Kier alpha value is -1.18. The third-order valence-corrected chi connectivity index (χ3v) is 1.71. The molecular weight excluding hydrogens is 194 g/mol. The van der Waals surface area contributed by atoms with Crippen LogP contribution >= 0.6 is 0 Å². The second kappa shape index (κ2) is 5.53. The minimum absolute atomic E-state index is 0.0964. The van der Waals surface area contributed by atoms with Gasteiger partial charge < -0.3 is 26.2 Å². The normalized spacial score (nSPS) is 17.1. The molecule has 0 radical (unpaired) electrons. The molecule has 0 rings (SSSR count). The molecule has 0 unspecified atom stereocenters. The molecule has 0 bridgehead atoms. The van der Waals surface area contributed by atoms with Crippen molar-refractivity contribution >= 4 is 11.9 Å². The summed E-state index contributed by atoms with van der Waals surface area (Å²) in [5.74, 6) is -2.69. The number of hydrogen-bond acceptors (Lipinski definition) is 5. The Kier molecular flexibility index (Phi) is 5.06. The van der Waals surface area contributed by atoms with Crippen molar-refractivity contribution in [3.05, 3.63) is 0 Å². The van der Waals surface area contributed by atoms with E-state index in [-0.39, 0.29) is 12.8 Å². The Balaban J connectivity index is 4.04. The van der Waals surface area contributed by atoms with E-state index >= 15 is 0 Å². The summed E-state index contributed by atoms with van der Waals surface area (Å²) >= 11 is 0. The molecule has 0 fully saturated rings. The van der Waals surface area contributed by atoms with Crippen molar-refractivity contribution in [1.29, 1.82) is 0 Å². The van der Waals surface area contributed by atoms with Gasteiger partial charge in [-0.1, -0.05) is 0 Å². The molecule has 82 valence electrons. The van der Waals surface area contributed by atoms with E-state index in [4.69, 9.17) is 26.2 Å². The second-order valence-corrected chi connectivity index (χ2v) is 2.87. The van der Waals surface area contributed by atoms with Crippen molar-refractivity contribution in [1.82, 2.24) is 0 Å². The Labute approximate surface area is 79.8 Å². The van der Waals surface area contributed by atoms with Crippen LogP contribution < -0.4 is 5.73 Å². The molecule has 14 heavy (non-hydrogen) atoms. The average Bonchev–Trinajstić information content (AvgIpc) is 2.11. The number of nitrogens with two attached hydrogens (primary N) is 1. The molecule has 0 spiro atoms. The van der Waals surface area contributed by atoms with Crippen LogP contribution in [0.2, 0.25) is 0 Å². The van der Waals surface area contributed by atoms with Crippen molar-refractivity contribution in [2.75, 3.05) is 0 Å². The first-order chi connectivity index (χ1) is 6.36. The van der Waals surface area contributed by atoms with E-state index in [1.54, 1.807) is 0 Å². The highest BCUT2D eigenvalue weighted by atomic mass is 16.4. The fraction of sp³-hybridized carbons (Fsp3) is 0.714. The number of carboxylic acids is 2. The maximum Gasteiger partial charge on any atom is 0.335 e. The lowest BCUT2D eigenvalue weighted by molar-refractivity contribution is -0.153. The van der Waals surface area contributed by atoms with Crippen LogP contribution in [0.1, 0.15) is 12.8 Å². The fourth-order valence-corrected chi connectivity index (χ4v) is 0.841. The highest BCUT2D eigenvalue weighted by Crippen LogP contribution is 2.04. The first kappa shape index (κ1) is 12.8. The topological polar surface area (TPSA) is 141 Å². The van der Waals surface area contributed by atoms with E-state index < -0.39 is 30.2 Å². The molecule has 0 aliphatic rings. The van der Waals surface area contributed by atoms with Gasteiger partial charge in [-0.05, 0) is 6.42 Å². The number of hydrogen-bond donors (Lipinski definition) is 5. The number of carboxylic acid groups (broad SMARTS) is 2. The van der Waals surface area contributed by atoms with Crippen LogP contribution in [0.15, 0.2) is 0 Å². The van der Waals surface area contributed by atoms with Crippen LogP contribution in [0.25, 0.3) is 0 Å². The molecule has 0 heterocycles. The van der Waals surface area contributed by atoms with Gasteiger partial charge in [0.1, 0.15) is 6.10 Å². The summed E-state index contributed by atoms with van der Waals surface area (Å²) in [5.41, 5.74) is 5.27. The van der Waals surface area contributed by atoms with Crippen LogP contribution in [0.4, 0.5) is 0 Å². The van der Waals surface area contributed by atoms with Gasteiger partial charge in [0.15, 0.2) is 6.10 Å². The third kappa shape index (κ3) is 4.17. The molecule has 3 atom stereocenters. The van der Waals surface area contributed by atoms with Crippen LogP contribution in [-0.2, 0) is 9.59 Å². The fourth-order valence-electron chi connectivity index (χ4n) is 0.841. The van der Waals surface area contributed by atoms with Crippen LogP contribution in [0.3, 0.4) is 0 Å². The molecule has 7 heteroatoms. The van der Waals surface area contributed by atoms with Crippen molar-refractivity contribution in [2.24, 2.45) is 5.73 Å². The van der Waals surface area contributed by atoms with Crippen LogP contribution in [0, 0.1) is 0 Å². The molecule has 0 aliphatic carbocycles. The molecule has 0 saturated heterocycles. The number of aliphatic hydroxyl groups excluding tert-OH is 2. The Morgan fingerprint density at radius 2 is 1.71 bits per heavy atom. The third-order valence-electron chi connectivity index (χ3n) is 1.71. The van der Waals surface area contributed by atoms with E-state index in [2.05, 4.69) is 0 Å². The summed E-state index contributed by atoms with van der Waals surface area (Å²) in [6, 6.07) is -1.07. The van der Waals surface area contributed by atoms with Crippen molar-refractivity contribution in [3.8, 4) is 0 Å². The predicted molar refractivity (Wildman–Crippen MR) is 44.5 cm³/mol. The zero-order valence-electron chi connectivity index (χ0n) is 7.33. The van der Waals surface area contributed by atoms with Gasteiger partial charge in [0.25, 0.3) is 0 Å². The smallest absolute Gasteiger partial charge is 0.335 e. The molecule has 7 nitrogen and oxygen atoms in total. The summed E-state index contributed by atoms with van der Waals surface area (Å²) < 4.78 is 0. The SMILES string of the molecule is N[C@@H](CCC(=O)O)[C@@H](O)[C@@H](O)C(=O)O. The van der Waals surface area contributed by atoms with Gasteiger partial charge in [-0.2, -0.15) is 0 Å². The molecular formula is C7H13NO6. The lowest BCUT2D eigenvalue weighted by atomic mass is 10.0. The minimum atomic E-state index is -1.99. The van der Waals surface area contributed by atoms with Gasteiger partial charge in [-0.3, -0.25) is 4.79 Å². The van der Waals surface area contributed by atoms with Gasteiger partial charge in [-0.15, -0.1) is 0 Å². The van der Waals surface area contributed by atoms with E-state index in [1.807, 2.05) is 0 Å². The zero-order valence-corrected chi connectivity index (χ0v) is 7.33. The Bertz CT molecular complexity index is 218. The van der Waals surface area contributed by atoms with E-state index in [0.29, 0.717) is 0 Å². The summed E-state index contributed by atoms with van der Waals surface area (Å²) in [6.07, 6.45) is -4.03. The number of aliphatic carboxylic acids is 2. The zero-order chi connectivity index (χ0) is 11.3. The van der Waals surface area contributed by atoms with Gasteiger partial charge in [0, 0.05) is 12.5 Å². The van der Waals surface area contributed by atoms with E-state index in [9.17, 15) is 9.59 Å². The summed E-state index contributed by atoms with van der Waals surface area (Å²) in [4.78, 5) is 20.3. The largest absolute Gasteiger partial charge is 0.481 e. The first-order valence-corrected chi connectivity index (χ1v) is 3.92. The van der Waals surface area contributed by atoms with E-state index in [1.165, 1.54) is 0 Å². The Morgan fingerprint density at radius 1 is 1.21 bits per heavy atom. The predicted octanol–water partition coefficient (Wildman–Crippen LogP) is -2.02. The molecule has 6 N–H and O–H groups in total. The molecule has 0 saturated carbocycles. The van der Waals surface area contributed by atoms with E-state index in [0.717, 1.165) is 0 Å². The second-order valence-electron chi connectivity index (χ2n) is 2.87. The molecule has 0 aromatic carbocycles. The maximum absolute atomic E-state index is 10.2. The highest BCUT2D eigenvalue weighted by molar-refractivity contribution is 5.72.